The first-order valence-electron chi connectivity index (χ1n) is 5.40. The lowest BCUT2D eigenvalue weighted by atomic mass is 10.2. The lowest BCUT2D eigenvalue weighted by Gasteiger charge is -2.04. The molecule has 2 rings (SSSR count). The van der Waals surface area contributed by atoms with E-state index in [0.29, 0.717) is 13.0 Å². The molecule has 0 aromatic carbocycles. The van der Waals surface area contributed by atoms with Gasteiger partial charge in [0.2, 0.25) is 5.91 Å². The van der Waals surface area contributed by atoms with Gasteiger partial charge >= 0.3 is 0 Å². The molecule has 0 aliphatic rings. The van der Waals surface area contributed by atoms with Gasteiger partial charge in [-0.05, 0) is 29.8 Å². The Morgan fingerprint density at radius 2 is 1.94 bits per heavy atom. The second-order valence-corrected chi connectivity index (χ2v) is 3.63. The minimum atomic E-state index is -0.0122. The van der Waals surface area contributed by atoms with Gasteiger partial charge in [-0.1, -0.05) is 6.07 Å². The van der Waals surface area contributed by atoms with Crippen molar-refractivity contribution in [2.24, 2.45) is 0 Å². The largest absolute Gasteiger partial charge is 0.350 e. The van der Waals surface area contributed by atoms with Crippen LogP contribution in [-0.4, -0.2) is 15.9 Å². The molecule has 2 aromatic heterocycles. The number of pyridine rings is 2. The Bertz CT molecular complexity index is 471. The van der Waals surface area contributed by atoms with Gasteiger partial charge in [0.05, 0.1) is 18.7 Å². The smallest absolute Gasteiger partial charge is 0.224 e. The van der Waals surface area contributed by atoms with Gasteiger partial charge in [0, 0.05) is 18.6 Å². The van der Waals surface area contributed by atoms with E-state index in [4.69, 9.17) is 0 Å². The highest BCUT2D eigenvalue weighted by atomic mass is 16.1. The van der Waals surface area contributed by atoms with Crippen molar-refractivity contribution in [3.8, 4) is 0 Å². The summed E-state index contributed by atoms with van der Waals surface area (Å²) in [6.45, 7) is 0.463. The van der Waals surface area contributed by atoms with Crippen LogP contribution in [0.25, 0.3) is 0 Å². The second kappa shape index (κ2) is 5.75. The molecule has 17 heavy (non-hydrogen) atoms. The van der Waals surface area contributed by atoms with E-state index in [1.54, 1.807) is 18.6 Å². The fourth-order valence-electron chi connectivity index (χ4n) is 1.44. The first-order chi connectivity index (χ1) is 8.34. The molecular formula is C13H13N3O. The highest BCUT2D eigenvalue weighted by molar-refractivity contribution is 5.78. The third-order valence-corrected chi connectivity index (χ3v) is 2.31. The van der Waals surface area contributed by atoms with Crippen LogP contribution in [0.2, 0.25) is 0 Å². The lowest BCUT2D eigenvalue weighted by Crippen LogP contribution is -2.24. The van der Waals surface area contributed by atoms with Crippen molar-refractivity contribution in [1.29, 1.82) is 0 Å². The molecule has 0 unspecified atom stereocenters. The Morgan fingerprint density at radius 3 is 2.65 bits per heavy atom. The fraction of sp³-hybridized carbons (Fsp3) is 0.154. The van der Waals surface area contributed by atoms with Crippen LogP contribution in [0.1, 0.15) is 11.3 Å². The summed E-state index contributed by atoms with van der Waals surface area (Å²) in [7, 11) is 0. The normalized spacial score (nSPS) is 9.88. The first-order valence-corrected chi connectivity index (χ1v) is 5.40. The summed E-state index contributed by atoms with van der Waals surface area (Å²) in [5, 5.41) is 2.83. The molecule has 0 radical (unpaired) electrons. The van der Waals surface area contributed by atoms with E-state index in [2.05, 4.69) is 15.3 Å². The highest BCUT2D eigenvalue weighted by Crippen LogP contribution is 1.98. The summed E-state index contributed by atoms with van der Waals surface area (Å²) < 4.78 is 0. The van der Waals surface area contributed by atoms with Crippen molar-refractivity contribution < 1.29 is 4.79 Å². The maximum atomic E-state index is 11.6. The van der Waals surface area contributed by atoms with Crippen LogP contribution >= 0.6 is 0 Å². The Balaban J connectivity index is 1.83. The number of amides is 1. The molecule has 2 aromatic rings. The standard InChI is InChI=1S/C13H13N3O/c17-13(9-11-4-7-14-8-5-11)16-10-12-3-1-2-6-15-12/h1-8H,9-10H2,(H,16,17). The third-order valence-electron chi connectivity index (χ3n) is 2.31. The molecule has 0 fully saturated rings. The summed E-state index contributed by atoms with van der Waals surface area (Å²) in [5.74, 6) is -0.0122. The van der Waals surface area contributed by atoms with Crippen molar-refractivity contribution in [3.05, 3.63) is 60.2 Å². The van der Waals surface area contributed by atoms with Crippen LogP contribution < -0.4 is 5.32 Å². The summed E-state index contributed by atoms with van der Waals surface area (Å²) in [4.78, 5) is 19.7. The van der Waals surface area contributed by atoms with E-state index < -0.39 is 0 Å². The molecule has 0 atom stereocenters. The average Bonchev–Trinajstić information content (AvgIpc) is 2.39. The van der Waals surface area contributed by atoms with Crippen LogP contribution in [-0.2, 0) is 17.8 Å². The van der Waals surface area contributed by atoms with Crippen molar-refractivity contribution in [2.45, 2.75) is 13.0 Å². The van der Waals surface area contributed by atoms with Gasteiger partial charge in [-0.15, -0.1) is 0 Å². The van der Waals surface area contributed by atoms with Gasteiger partial charge in [-0.3, -0.25) is 14.8 Å². The number of nitrogens with zero attached hydrogens (tertiary/aromatic N) is 2. The quantitative estimate of drug-likeness (QED) is 0.857. The summed E-state index contributed by atoms with van der Waals surface area (Å²) in [5.41, 5.74) is 1.81. The molecule has 2 heterocycles. The zero-order valence-electron chi connectivity index (χ0n) is 9.34. The third kappa shape index (κ3) is 3.68. The van der Waals surface area contributed by atoms with Crippen LogP contribution in [0.5, 0.6) is 0 Å². The minimum Gasteiger partial charge on any atom is -0.350 e. The van der Waals surface area contributed by atoms with E-state index >= 15 is 0 Å². The van der Waals surface area contributed by atoms with Crippen molar-refractivity contribution in [2.75, 3.05) is 0 Å². The molecule has 0 saturated heterocycles. The van der Waals surface area contributed by atoms with Gasteiger partial charge in [0.25, 0.3) is 0 Å². The van der Waals surface area contributed by atoms with E-state index in [-0.39, 0.29) is 5.91 Å². The summed E-state index contributed by atoms with van der Waals surface area (Å²) in [6.07, 6.45) is 5.45. The molecule has 0 bridgehead atoms. The maximum absolute atomic E-state index is 11.6. The predicted octanol–water partition coefficient (Wildman–Crippen LogP) is 1.34. The van der Waals surface area contributed by atoms with Gasteiger partial charge in [0.1, 0.15) is 0 Å². The molecule has 4 nitrogen and oxygen atoms in total. The van der Waals surface area contributed by atoms with Gasteiger partial charge in [-0.2, -0.15) is 0 Å². The topological polar surface area (TPSA) is 54.9 Å². The number of nitrogens with one attached hydrogen (secondary N) is 1. The number of hydrogen-bond donors (Lipinski definition) is 1. The van der Waals surface area contributed by atoms with E-state index in [0.717, 1.165) is 11.3 Å². The number of hydrogen-bond acceptors (Lipinski definition) is 3. The second-order valence-electron chi connectivity index (χ2n) is 3.63. The van der Waals surface area contributed by atoms with Gasteiger partial charge < -0.3 is 5.32 Å². The predicted molar refractivity (Wildman–Crippen MR) is 64.0 cm³/mol. The average molecular weight is 227 g/mol. The lowest BCUT2D eigenvalue weighted by molar-refractivity contribution is -0.120. The molecule has 1 amide bonds. The fourth-order valence-corrected chi connectivity index (χ4v) is 1.44. The van der Waals surface area contributed by atoms with Crippen LogP contribution in [0.3, 0.4) is 0 Å². The van der Waals surface area contributed by atoms with Crippen molar-refractivity contribution in [1.82, 2.24) is 15.3 Å². The highest BCUT2D eigenvalue weighted by Gasteiger charge is 2.02. The van der Waals surface area contributed by atoms with Crippen LogP contribution in [0.15, 0.2) is 48.9 Å². The molecule has 0 aliphatic carbocycles. The summed E-state index contributed by atoms with van der Waals surface area (Å²) in [6, 6.07) is 9.30. The van der Waals surface area contributed by atoms with Crippen molar-refractivity contribution in [3.63, 3.8) is 0 Å². The molecule has 86 valence electrons. The number of rotatable bonds is 4. The molecule has 0 saturated carbocycles. The minimum absolute atomic E-state index is 0.0122. The molecule has 0 aliphatic heterocycles. The number of carbonyl (C=O) groups excluding carboxylic acids is 1. The van der Waals surface area contributed by atoms with Gasteiger partial charge in [-0.25, -0.2) is 0 Å². The maximum Gasteiger partial charge on any atom is 0.224 e. The molecular weight excluding hydrogens is 214 g/mol. The van der Waals surface area contributed by atoms with Gasteiger partial charge in [0.15, 0.2) is 0 Å². The Labute approximate surface area is 99.7 Å². The zero-order valence-corrected chi connectivity index (χ0v) is 9.34. The van der Waals surface area contributed by atoms with Crippen LogP contribution in [0, 0.1) is 0 Å². The molecule has 0 spiro atoms. The monoisotopic (exact) mass is 227 g/mol. The Hall–Kier alpha value is -2.23. The zero-order chi connectivity index (χ0) is 11.9. The number of carbonyl (C=O) groups is 1. The summed E-state index contributed by atoms with van der Waals surface area (Å²) >= 11 is 0. The molecule has 1 N–H and O–H groups in total. The Kier molecular flexibility index (Phi) is 3.81. The molecule has 4 heteroatoms. The van der Waals surface area contributed by atoms with E-state index in [1.807, 2.05) is 30.3 Å². The Morgan fingerprint density at radius 1 is 1.12 bits per heavy atom. The SMILES string of the molecule is O=C(Cc1ccncc1)NCc1ccccn1. The van der Waals surface area contributed by atoms with E-state index in [1.165, 1.54) is 0 Å². The van der Waals surface area contributed by atoms with E-state index in [9.17, 15) is 4.79 Å². The van der Waals surface area contributed by atoms with Crippen LogP contribution in [0.4, 0.5) is 0 Å². The number of aromatic nitrogens is 2. The first kappa shape index (κ1) is 11.3. The van der Waals surface area contributed by atoms with Crippen molar-refractivity contribution >= 4 is 5.91 Å².